The van der Waals surface area contributed by atoms with Crippen molar-refractivity contribution in [3.63, 3.8) is 0 Å². The van der Waals surface area contributed by atoms with Gasteiger partial charge in [-0.25, -0.2) is 4.79 Å². The maximum Gasteiger partial charge on any atom is 0.341 e. The number of fused-ring (bicyclic) bond motifs is 2. The number of para-hydroxylation sites is 1. The molecule has 0 saturated carbocycles. The van der Waals surface area contributed by atoms with Gasteiger partial charge in [-0.3, -0.25) is 9.59 Å². The number of anilines is 1. The Balaban J connectivity index is 1.52. The molecule has 7 nitrogen and oxygen atoms in total. The minimum absolute atomic E-state index is 0.0202. The Morgan fingerprint density at radius 1 is 1.08 bits per heavy atom. The second kappa shape index (κ2) is 10.8. The monoisotopic (exact) mass is 531 g/mol. The third-order valence-electron chi connectivity index (χ3n) is 6.79. The maximum absolute atomic E-state index is 13.6. The fourth-order valence-corrected chi connectivity index (χ4v) is 6.04. The van der Waals surface area contributed by atoms with Crippen molar-refractivity contribution in [2.75, 3.05) is 12.4 Å². The van der Waals surface area contributed by atoms with Crippen LogP contribution in [0.3, 0.4) is 0 Å². The number of ether oxygens (including phenoxy) is 2. The van der Waals surface area contributed by atoms with E-state index in [1.165, 1.54) is 18.4 Å². The van der Waals surface area contributed by atoms with Gasteiger partial charge in [0.2, 0.25) is 11.2 Å². The third kappa shape index (κ3) is 4.84. The van der Waals surface area contributed by atoms with E-state index in [0.717, 1.165) is 41.7 Å². The normalized spacial score (nSPS) is 13.6. The number of esters is 1. The van der Waals surface area contributed by atoms with E-state index in [1.54, 1.807) is 31.2 Å². The summed E-state index contributed by atoms with van der Waals surface area (Å²) < 4.78 is 17.3. The van der Waals surface area contributed by atoms with Gasteiger partial charge in [-0.15, -0.1) is 11.3 Å². The van der Waals surface area contributed by atoms with Crippen LogP contribution in [-0.2, 0) is 22.4 Å². The summed E-state index contributed by atoms with van der Waals surface area (Å²) in [5.41, 5.74) is 3.18. The second-order valence-corrected chi connectivity index (χ2v) is 10.5. The topological polar surface area (TPSA) is 94.8 Å². The smallest absolute Gasteiger partial charge is 0.341 e. The molecule has 1 atom stereocenters. The van der Waals surface area contributed by atoms with Gasteiger partial charge in [-0.05, 0) is 56.7 Å². The molecular weight excluding hydrogens is 502 g/mol. The fraction of sp³-hybridized carbons (Fsp3) is 0.300. The summed E-state index contributed by atoms with van der Waals surface area (Å²) in [6.07, 6.45) is 2.98. The van der Waals surface area contributed by atoms with Crippen LogP contribution in [-0.4, -0.2) is 25.1 Å². The molecule has 1 N–H and O–H groups in total. The van der Waals surface area contributed by atoms with Crippen molar-refractivity contribution in [3.8, 4) is 17.1 Å². The molecule has 8 heteroatoms. The summed E-state index contributed by atoms with van der Waals surface area (Å²) >= 11 is 1.41. The Bertz CT molecular complexity index is 1570. The van der Waals surface area contributed by atoms with Crippen LogP contribution in [0.2, 0.25) is 0 Å². The average molecular weight is 532 g/mol. The first-order chi connectivity index (χ1) is 18.4. The summed E-state index contributed by atoms with van der Waals surface area (Å²) in [7, 11) is 1.34. The molecular formula is C30H29NO6S. The minimum Gasteiger partial charge on any atom is -0.473 e. The first-order valence-electron chi connectivity index (χ1n) is 12.7. The molecule has 38 heavy (non-hydrogen) atoms. The first-order valence-corrected chi connectivity index (χ1v) is 13.6. The summed E-state index contributed by atoms with van der Waals surface area (Å²) in [5.74, 6) is -0.667. The SMILES string of the molecule is CCC(Oc1c(-c2ccc(C)cc2)oc2ccccc2c1=O)C(=O)Nc1sc2c(c1C(=O)OC)CCCC2. The molecule has 1 unspecified atom stereocenters. The summed E-state index contributed by atoms with van der Waals surface area (Å²) in [6.45, 7) is 3.78. The molecule has 0 fully saturated rings. The first kappa shape index (κ1) is 25.7. The lowest BCUT2D eigenvalue weighted by molar-refractivity contribution is -0.122. The van der Waals surface area contributed by atoms with Gasteiger partial charge >= 0.3 is 5.97 Å². The molecule has 2 aromatic carbocycles. The molecule has 4 aromatic rings. The molecule has 0 radical (unpaired) electrons. The van der Waals surface area contributed by atoms with Crippen molar-refractivity contribution in [3.05, 3.63) is 80.3 Å². The van der Waals surface area contributed by atoms with Crippen molar-refractivity contribution in [2.24, 2.45) is 0 Å². The number of methoxy groups -OCH3 is 1. The van der Waals surface area contributed by atoms with Gasteiger partial charge < -0.3 is 19.2 Å². The molecule has 0 bridgehead atoms. The number of hydrogen-bond acceptors (Lipinski definition) is 7. The number of nitrogens with one attached hydrogen (secondary N) is 1. The molecule has 1 amide bonds. The van der Waals surface area contributed by atoms with Crippen LogP contribution in [0, 0.1) is 6.92 Å². The molecule has 0 spiro atoms. The van der Waals surface area contributed by atoms with E-state index in [2.05, 4.69) is 5.32 Å². The van der Waals surface area contributed by atoms with Gasteiger partial charge in [0.1, 0.15) is 10.6 Å². The highest BCUT2D eigenvalue weighted by Crippen LogP contribution is 2.39. The molecule has 1 aliphatic carbocycles. The molecule has 0 saturated heterocycles. The van der Waals surface area contributed by atoms with Crippen LogP contribution in [0.4, 0.5) is 5.00 Å². The Morgan fingerprint density at radius 3 is 2.55 bits per heavy atom. The Hall–Kier alpha value is -3.91. The molecule has 1 aliphatic rings. The van der Waals surface area contributed by atoms with E-state index in [-0.39, 0.29) is 16.9 Å². The number of amides is 1. The minimum atomic E-state index is -0.993. The number of hydrogen-bond donors (Lipinski definition) is 1. The van der Waals surface area contributed by atoms with Gasteiger partial charge in [0, 0.05) is 10.4 Å². The van der Waals surface area contributed by atoms with Gasteiger partial charge in [0.25, 0.3) is 5.91 Å². The lowest BCUT2D eigenvalue weighted by Gasteiger charge is -2.19. The zero-order valence-electron chi connectivity index (χ0n) is 21.6. The second-order valence-electron chi connectivity index (χ2n) is 9.36. The number of thiophene rings is 1. The molecule has 196 valence electrons. The number of benzene rings is 2. The van der Waals surface area contributed by atoms with Crippen molar-refractivity contribution < 1.29 is 23.5 Å². The standard InChI is InChI=1S/C30H29NO6S/c1-4-21(28(33)31-29-24(30(34)35-3)20-10-6-8-12-23(20)38-29)36-27-25(32)19-9-5-7-11-22(19)37-26(27)18-15-13-17(2)14-16-18/h5,7,9,11,13-16,21H,4,6,8,10,12H2,1-3H3,(H,31,33). The highest BCUT2D eigenvalue weighted by molar-refractivity contribution is 7.17. The van der Waals surface area contributed by atoms with Crippen molar-refractivity contribution in [1.82, 2.24) is 0 Å². The van der Waals surface area contributed by atoms with Gasteiger partial charge in [0.15, 0.2) is 11.9 Å². The zero-order valence-corrected chi connectivity index (χ0v) is 22.4. The summed E-state index contributed by atoms with van der Waals surface area (Å²) in [4.78, 5) is 40.8. The number of aryl methyl sites for hydroxylation is 2. The Labute approximate surface area is 224 Å². The van der Waals surface area contributed by atoms with E-state index >= 15 is 0 Å². The van der Waals surface area contributed by atoms with E-state index in [1.807, 2.05) is 31.2 Å². The molecule has 5 rings (SSSR count). The van der Waals surface area contributed by atoms with Crippen LogP contribution < -0.4 is 15.5 Å². The third-order valence-corrected chi connectivity index (χ3v) is 8.00. The zero-order chi connectivity index (χ0) is 26.8. The Kier molecular flexibility index (Phi) is 7.33. The van der Waals surface area contributed by atoms with E-state index in [0.29, 0.717) is 33.5 Å². The van der Waals surface area contributed by atoms with Crippen molar-refractivity contribution in [1.29, 1.82) is 0 Å². The number of carbonyl (C=O) groups excluding carboxylic acids is 2. The van der Waals surface area contributed by atoms with Crippen LogP contribution in [0.1, 0.15) is 52.5 Å². The molecule has 0 aliphatic heterocycles. The van der Waals surface area contributed by atoms with E-state index < -0.39 is 18.0 Å². The largest absolute Gasteiger partial charge is 0.473 e. The number of carbonyl (C=O) groups is 2. The number of rotatable bonds is 7. The van der Waals surface area contributed by atoms with E-state index in [4.69, 9.17) is 13.9 Å². The van der Waals surface area contributed by atoms with Crippen LogP contribution >= 0.6 is 11.3 Å². The van der Waals surface area contributed by atoms with Crippen LogP contribution in [0.15, 0.2) is 57.7 Å². The predicted octanol–water partition coefficient (Wildman–Crippen LogP) is 6.29. The lowest BCUT2D eigenvalue weighted by Crippen LogP contribution is -2.34. The van der Waals surface area contributed by atoms with Crippen LogP contribution in [0.25, 0.3) is 22.3 Å². The fourth-order valence-electron chi connectivity index (χ4n) is 4.76. The van der Waals surface area contributed by atoms with Gasteiger partial charge in [-0.1, -0.05) is 48.9 Å². The highest BCUT2D eigenvalue weighted by Gasteiger charge is 2.30. The van der Waals surface area contributed by atoms with Crippen molar-refractivity contribution >= 4 is 39.2 Å². The quantitative estimate of drug-likeness (QED) is 0.282. The Morgan fingerprint density at radius 2 is 1.82 bits per heavy atom. The lowest BCUT2D eigenvalue weighted by atomic mass is 9.95. The van der Waals surface area contributed by atoms with Gasteiger partial charge in [0.05, 0.1) is 18.1 Å². The van der Waals surface area contributed by atoms with Crippen LogP contribution in [0.5, 0.6) is 5.75 Å². The summed E-state index contributed by atoms with van der Waals surface area (Å²) in [5, 5.41) is 3.73. The highest BCUT2D eigenvalue weighted by atomic mass is 32.1. The molecule has 2 aromatic heterocycles. The average Bonchev–Trinajstić information content (AvgIpc) is 3.30. The van der Waals surface area contributed by atoms with Gasteiger partial charge in [-0.2, -0.15) is 0 Å². The maximum atomic E-state index is 13.6. The van der Waals surface area contributed by atoms with Crippen molar-refractivity contribution in [2.45, 2.75) is 52.1 Å². The predicted molar refractivity (Wildman–Crippen MR) is 148 cm³/mol. The van der Waals surface area contributed by atoms with E-state index in [9.17, 15) is 14.4 Å². The molecule has 2 heterocycles. The summed E-state index contributed by atoms with van der Waals surface area (Å²) in [6, 6.07) is 14.5.